The molecular weight excluding hydrogens is 371 g/mol. The second-order valence-corrected chi connectivity index (χ2v) is 7.95. The van der Waals surface area contributed by atoms with Crippen LogP contribution in [0.2, 0.25) is 0 Å². The molecule has 2 aromatic carbocycles. The lowest BCUT2D eigenvalue weighted by molar-refractivity contribution is -0.120. The molecule has 0 spiro atoms. The Morgan fingerprint density at radius 1 is 1.22 bits per heavy atom. The van der Waals surface area contributed by atoms with E-state index in [1.165, 1.54) is 18.2 Å². The number of halogens is 1. The van der Waals surface area contributed by atoms with Crippen molar-refractivity contribution in [3.05, 3.63) is 59.9 Å². The number of hydrogen-bond acceptors (Lipinski definition) is 4. The van der Waals surface area contributed by atoms with E-state index in [0.29, 0.717) is 6.61 Å². The second-order valence-electron chi connectivity index (χ2n) is 6.04. The topological polar surface area (TPSA) is 75.7 Å². The molecule has 0 fully saturated rings. The molecule has 146 valence electrons. The van der Waals surface area contributed by atoms with E-state index in [0.717, 1.165) is 27.9 Å². The average molecular weight is 394 g/mol. The third kappa shape index (κ3) is 5.96. The summed E-state index contributed by atoms with van der Waals surface area (Å²) in [6.45, 7) is 3.81. The highest BCUT2D eigenvalue weighted by molar-refractivity contribution is 7.92. The van der Waals surface area contributed by atoms with Gasteiger partial charge in [0.05, 0.1) is 24.6 Å². The van der Waals surface area contributed by atoms with E-state index in [2.05, 4.69) is 5.32 Å². The van der Waals surface area contributed by atoms with Crippen molar-refractivity contribution in [3.63, 3.8) is 0 Å². The van der Waals surface area contributed by atoms with E-state index in [1.54, 1.807) is 19.1 Å². The van der Waals surface area contributed by atoms with Gasteiger partial charge in [0, 0.05) is 0 Å². The second kappa shape index (κ2) is 8.85. The van der Waals surface area contributed by atoms with Crippen molar-refractivity contribution in [2.24, 2.45) is 0 Å². The molecule has 1 N–H and O–H groups in total. The molecule has 0 aliphatic rings. The Balaban J connectivity index is 2.09. The monoisotopic (exact) mass is 394 g/mol. The number of amides is 1. The van der Waals surface area contributed by atoms with E-state index >= 15 is 0 Å². The van der Waals surface area contributed by atoms with Gasteiger partial charge in [-0.3, -0.25) is 9.10 Å². The zero-order valence-corrected chi connectivity index (χ0v) is 16.3. The molecule has 27 heavy (non-hydrogen) atoms. The standard InChI is InChI=1S/C19H23FN2O4S/c1-4-26-18-10-8-15(9-11-18)14(2)21-19(23)13-22(27(3,24)25)17-7-5-6-16(20)12-17/h5-12,14H,4,13H2,1-3H3,(H,21,23)/t14-/m0/s1. The van der Waals surface area contributed by atoms with Gasteiger partial charge in [-0.25, -0.2) is 12.8 Å². The molecule has 2 rings (SSSR count). The third-order valence-corrected chi connectivity index (χ3v) is 4.99. The normalized spacial score (nSPS) is 12.3. The molecule has 0 aromatic heterocycles. The van der Waals surface area contributed by atoms with Crippen LogP contribution in [0.1, 0.15) is 25.5 Å². The molecule has 8 heteroatoms. The molecule has 0 saturated carbocycles. The minimum Gasteiger partial charge on any atom is -0.494 e. The lowest BCUT2D eigenvalue weighted by Crippen LogP contribution is -2.41. The molecule has 0 aliphatic heterocycles. The Labute approximate surface area is 159 Å². The first-order valence-corrected chi connectivity index (χ1v) is 10.3. The maximum Gasteiger partial charge on any atom is 0.241 e. The summed E-state index contributed by atoms with van der Waals surface area (Å²) in [5.74, 6) is -0.343. The van der Waals surface area contributed by atoms with Gasteiger partial charge in [0.1, 0.15) is 18.1 Å². The maximum absolute atomic E-state index is 13.4. The number of carbonyl (C=O) groups is 1. The number of nitrogens with one attached hydrogen (secondary N) is 1. The van der Waals surface area contributed by atoms with Crippen LogP contribution in [0.4, 0.5) is 10.1 Å². The SMILES string of the molecule is CCOc1ccc([C@H](C)NC(=O)CN(c2cccc(F)c2)S(C)(=O)=O)cc1. The molecule has 0 aliphatic carbocycles. The van der Waals surface area contributed by atoms with Crippen LogP contribution in [0.15, 0.2) is 48.5 Å². The molecule has 0 unspecified atom stereocenters. The minimum atomic E-state index is -3.75. The van der Waals surface area contributed by atoms with Crippen molar-refractivity contribution in [1.29, 1.82) is 0 Å². The summed E-state index contributed by atoms with van der Waals surface area (Å²) in [7, 11) is -3.75. The first kappa shape index (κ1) is 20.7. The first-order chi connectivity index (χ1) is 12.7. The number of nitrogens with zero attached hydrogens (tertiary/aromatic N) is 1. The van der Waals surface area contributed by atoms with E-state index in [9.17, 15) is 17.6 Å². The fraction of sp³-hybridized carbons (Fsp3) is 0.316. The highest BCUT2D eigenvalue weighted by Gasteiger charge is 2.22. The van der Waals surface area contributed by atoms with Crippen molar-refractivity contribution in [3.8, 4) is 5.75 Å². The predicted molar refractivity (Wildman–Crippen MR) is 103 cm³/mol. The van der Waals surface area contributed by atoms with Crippen LogP contribution in [0.25, 0.3) is 0 Å². The number of rotatable bonds is 8. The van der Waals surface area contributed by atoms with Crippen molar-refractivity contribution in [1.82, 2.24) is 5.32 Å². The van der Waals surface area contributed by atoms with Gasteiger partial charge in [-0.05, 0) is 49.7 Å². The summed E-state index contributed by atoms with van der Waals surface area (Å²) in [6, 6.07) is 12.0. The minimum absolute atomic E-state index is 0.0985. The van der Waals surface area contributed by atoms with Crippen LogP contribution in [0.5, 0.6) is 5.75 Å². The molecule has 0 radical (unpaired) electrons. The molecular formula is C19H23FN2O4S. The van der Waals surface area contributed by atoms with Crippen molar-refractivity contribution >= 4 is 21.6 Å². The van der Waals surface area contributed by atoms with Gasteiger partial charge in [0.15, 0.2) is 0 Å². The zero-order chi connectivity index (χ0) is 20.0. The Morgan fingerprint density at radius 2 is 1.89 bits per heavy atom. The summed E-state index contributed by atoms with van der Waals surface area (Å²) in [6.07, 6.45) is 0.973. The van der Waals surface area contributed by atoms with Gasteiger partial charge in [-0.15, -0.1) is 0 Å². The molecule has 0 bridgehead atoms. The molecule has 0 heterocycles. The fourth-order valence-electron chi connectivity index (χ4n) is 2.55. The number of sulfonamides is 1. The van der Waals surface area contributed by atoms with Crippen molar-refractivity contribution in [2.45, 2.75) is 19.9 Å². The third-order valence-electron chi connectivity index (χ3n) is 3.85. The van der Waals surface area contributed by atoms with Gasteiger partial charge in [-0.2, -0.15) is 0 Å². The quantitative estimate of drug-likeness (QED) is 0.747. The van der Waals surface area contributed by atoms with Crippen LogP contribution in [-0.2, 0) is 14.8 Å². The molecule has 6 nitrogen and oxygen atoms in total. The Kier molecular flexibility index (Phi) is 6.79. The highest BCUT2D eigenvalue weighted by Crippen LogP contribution is 2.20. The smallest absolute Gasteiger partial charge is 0.241 e. The summed E-state index contributed by atoms with van der Waals surface area (Å²) in [5.41, 5.74) is 0.949. The summed E-state index contributed by atoms with van der Waals surface area (Å²) in [5, 5.41) is 2.75. The van der Waals surface area contributed by atoms with E-state index in [4.69, 9.17) is 4.74 Å². The number of ether oxygens (including phenoxy) is 1. The van der Waals surface area contributed by atoms with Gasteiger partial charge >= 0.3 is 0 Å². The highest BCUT2D eigenvalue weighted by atomic mass is 32.2. The van der Waals surface area contributed by atoms with Gasteiger partial charge in [-0.1, -0.05) is 18.2 Å². The summed E-state index contributed by atoms with van der Waals surface area (Å²) < 4.78 is 43.8. The Hall–Kier alpha value is -2.61. The van der Waals surface area contributed by atoms with Crippen molar-refractivity contribution in [2.75, 3.05) is 23.7 Å². The van der Waals surface area contributed by atoms with Gasteiger partial charge in [0.2, 0.25) is 15.9 Å². The van der Waals surface area contributed by atoms with Crippen LogP contribution >= 0.6 is 0 Å². The lowest BCUT2D eigenvalue weighted by atomic mass is 10.1. The van der Waals surface area contributed by atoms with Crippen LogP contribution in [0, 0.1) is 5.82 Å². The van der Waals surface area contributed by atoms with Crippen LogP contribution in [0.3, 0.4) is 0 Å². The average Bonchev–Trinajstić information content (AvgIpc) is 2.59. The maximum atomic E-state index is 13.4. The fourth-order valence-corrected chi connectivity index (χ4v) is 3.40. The molecule has 1 atom stereocenters. The van der Waals surface area contributed by atoms with Crippen molar-refractivity contribution < 1.29 is 22.3 Å². The lowest BCUT2D eigenvalue weighted by Gasteiger charge is -2.23. The Bertz CT molecular complexity index is 885. The number of benzene rings is 2. The molecule has 1 amide bonds. The first-order valence-electron chi connectivity index (χ1n) is 8.46. The van der Waals surface area contributed by atoms with E-state index < -0.39 is 28.3 Å². The molecule has 0 saturated heterocycles. The van der Waals surface area contributed by atoms with Crippen LogP contribution < -0.4 is 14.4 Å². The Morgan fingerprint density at radius 3 is 2.44 bits per heavy atom. The van der Waals surface area contributed by atoms with E-state index in [-0.39, 0.29) is 11.7 Å². The predicted octanol–water partition coefficient (Wildman–Crippen LogP) is 2.87. The van der Waals surface area contributed by atoms with Gasteiger partial charge in [0.25, 0.3) is 0 Å². The molecule has 2 aromatic rings. The number of anilines is 1. The largest absolute Gasteiger partial charge is 0.494 e. The number of carbonyl (C=O) groups excluding carboxylic acids is 1. The zero-order valence-electron chi connectivity index (χ0n) is 15.5. The number of hydrogen-bond donors (Lipinski definition) is 1. The van der Waals surface area contributed by atoms with Gasteiger partial charge < -0.3 is 10.1 Å². The van der Waals surface area contributed by atoms with E-state index in [1.807, 2.05) is 19.1 Å². The summed E-state index contributed by atoms with van der Waals surface area (Å²) in [4.78, 5) is 12.4. The summed E-state index contributed by atoms with van der Waals surface area (Å²) >= 11 is 0. The van der Waals surface area contributed by atoms with Crippen LogP contribution in [-0.4, -0.2) is 33.7 Å².